The van der Waals surface area contributed by atoms with Gasteiger partial charge in [-0.3, -0.25) is 0 Å². The first-order valence-electron chi connectivity index (χ1n) is 0.783. The fraction of sp³-hybridized carbons (Fsp3) is 0. The van der Waals surface area contributed by atoms with Crippen LogP contribution < -0.4 is 0 Å². The average Bonchev–Trinajstić information content (AvgIpc) is 0.722. The van der Waals surface area contributed by atoms with Gasteiger partial charge in [-0.1, -0.05) is 0 Å². The van der Waals surface area contributed by atoms with Gasteiger partial charge in [-0.05, 0) is 0 Å². The zero-order valence-electron chi connectivity index (χ0n) is 3.20. The van der Waals surface area contributed by atoms with Crippen LogP contribution in [-0.4, -0.2) is 63.1 Å². The minimum absolute atomic E-state index is 0. The molecule has 7 heteroatoms. The first-order chi connectivity index (χ1) is 2.00. The summed E-state index contributed by atoms with van der Waals surface area (Å²) in [5, 5.41) is 0. The second kappa shape index (κ2) is 5.84. The van der Waals surface area contributed by atoms with Crippen LogP contribution in [0.4, 0.5) is 0 Å². The standard InChI is InChI=1S/Li.Na.H3O4P.2H/c;;1-5(2,3)4;;/h;;(H3,1,2,3,4);;/p+1. The fourth-order valence-corrected chi connectivity index (χ4v) is 0. The third-order valence-electron chi connectivity index (χ3n) is 0. The third kappa shape index (κ3) is 86.1. The molecule has 0 aromatic carbocycles. The second-order valence-electron chi connectivity index (χ2n) is 0.513. The molecule has 0 aliphatic heterocycles. The van der Waals surface area contributed by atoms with E-state index in [-0.39, 0.29) is 49.8 Å². The monoisotopic (exact) mass is 131 g/mol. The topological polar surface area (TPSA) is 77.8 Å². The maximum atomic E-state index is 8.88. The van der Waals surface area contributed by atoms with E-state index in [2.05, 4.69) is 0 Å². The van der Waals surface area contributed by atoms with Crippen molar-refractivity contribution < 1.29 is 20.7 Å². The van der Waals surface area contributed by atoms with E-state index in [4.69, 9.17) is 19.2 Å². The van der Waals surface area contributed by atoms with Crippen LogP contribution in [0, 0.1) is 0 Å². The Hall–Kier alpha value is 1.71. The molecular formula is H6LiNaO4P+. The van der Waals surface area contributed by atoms with Gasteiger partial charge in [0, 0.05) is 0 Å². The molecule has 0 fully saturated rings. The minimum atomic E-state index is -4.64. The van der Waals surface area contributed by atoms with Gasteiger partial charge in [0.1, 0.15) is 0 Å². The van der Waals surface area contributed by atoms with E-state index in [0.717, 1.165) is 0 Å². The van der Waals surface area contributed by atoms with Crippen LogP contribution in [0.3, 0.4) is 0 Å². The molecule has 3 N–H and O–H groups in total. The van der Waals surface area contributed by atoms with Gasteiger partial charge in [-0.2, -0.15) is 0 Å². The van der Waals surface area contributed by atoms with Gasteiger partial charge in [-0.15, -0.1) is 0 Å². The Morgan fingerprint density at radius 2 is 1.29 bits per heavy atom. The van der Waals surface area contributed by atoms with Crippen molar-refractivity contribution in [2.24, 2.45) is 0 Å². The number of rotatable bonds is 0. The second-order valence-corrected chi connectivity index (χ2v) is 1.54. The van der Waals surface area contributed by atoms with Crippen LogP contribution >= 0.6 is 7.82 Å². The average molecular weight is 131 g/mol. The number of hydrogen-bond donors (Lipinski definition) is 3. The SMILES string of the molecule is O=P(O)(O)O.[H+].[LiH].[NaH]. The zero-order chi connectivity index (χ0) is 4.50. The zero-order valence-corrected chi connectivity index (χ0v) is 3.09. The predicted molar refractivity (Wildman–Crippen MR) is 29.7 cm³/mol. The van der Waals surface area contributed by atoms with E-state index < -0.39 is 7.82 Å². The molecule has 7 heavy (non-hydrogen) atoms. The maximum absolute atomic E-state index is 8.88. The van der Waals surface area contributed by atoms with Crippen molar-refractivity contribution in [3.63, 3.8) is 0 Å². The first kappa shape index (κ1) is 15.9. The van der Waals surface area contributed by atoms with Crippen molar-refractivity contribution in [2.45, 2.75) is 0 Å². The van der Waals surface area contributed by atoms with E-state index >= 15 is 0 Å². The Labute approximate surface area is 76.5 Å². The van der Waals surface area contributed by atoms with Crippen molar-refractivity contribution in [3.05, 3.63) is 0 Å². The van der Waals surface area contributed by atoms with Gasteiger partial charge in [0.05, 0.1) is 0 Å². The Balaban J connectivity index is -0.0000000267. The van der Waals surface area contributed by atoms with E-state index in [1.54, 1.807) is 0 Å². The predicted octanol–water partition coefficient (Wildman–Crippen LogP) is -2.11. The molecule has 0 aromatic rings. The summed E-state index contributed by atoms with van der Waals surface area (Å²) in [6.07, 6.45) is 0. The molecule has 36 valence electrons. The van der Waals surface area contributed by atoms with Crippen molar-refractivity contribution in [3.8, 4) is 0 Å². The fourth-order valence-electron chi connectivity index (χ4n) is 0. The van der Waals surface area contributed by atoms with Crippen LogP contribution in [0.25, 0.3) is 0 Å². The molecule has 0 spiro atoms. The van der Waals surface area contributed by atoms with Gasteiger partial charge < -0.3 is 14.7 Å². The Morgan fingerprint density at radius 1 is 1.29 bits per heavy atom. The molecule has 4 nitrogen and oxygen atoms in total. The summed E-state index contributed by atoms with van der Waals surface area (Å²) in [6.45, 7) is 0. The van der Waals surface area contributed by atoms with Gasteiger partial charge in [0.25, 0.3) is 0 Å². The van der Waals surface area contributed by atoms with Crippen LogP contribution in [0.15, 0.2) is 0 Å². The molecule has 0 radical (unpaired) electrons. The molecule has 0 aliphatic rings. The summed E-state index contributed by atoms with van der Waals surface area (Å²) in [7, 11) is -4.64. The van der Waals surface area contributed by atoms with Gasteiger partial charge >= 0.3 is 57.7 Å². The van der Waals surface area contributed by atoms with E-state index in [9.17, 15) is 0 Å². The normalized spacial score (nSPS) is 8.43. The molecule has 0 aliphatic carbocycles. The van der Waals surface area contributed by atoms with Crippen LogP contribution in [0.5, 0.6) is 0 Å². The van der Waals surface area contributed by atoms with Crippen LogP contribution in [-0.2, 0) is 4.57 Å². The number of hydrogen-bond acceptors (Lipinski definition) is 1. The molecule has 0 saturated heterocycles. The van der Waals surface area contributed by atoms with Crippen LogP contribution in [0.1, 0.15) is 1.43 Å². The number of phosphoric acid groups is 1. The summed E-state index contributed by atoms with van der Waals surface area (Å²) in [5.74, 6) is 0. The van der Waals surface area contributed by atoms with E-state index in [1.807, 2.05) is 0 Å². The molecule has 0 rings (SSSR count). The summed E-state index contributed by atoms with van der Waals surface area (Å²) >= 11 is 0. The third-order valence-corrected chi connectivity index (χ3v) is 0. The van der Waals surface area contributed by atoms with Gasteiger partial charge in [-0.25, -0.2) is 4.57 Å². The molecule has 0 unspecified atom stereocenters. The Kier molecular flexibility index (Phi) is 13.2. The van der Waals surface area contributed by atoms with E-state index in [1.165, 1.54) is 0 Å². The first-order valence-corrected chi connectivity index (χ1v) is 2.35. The Morgan fingerprint density at radius 3 is 1.29 bits per heavy atom. The van der Waals surface area contributed by atoms with Crippen molar-refractivity contribution in [1.29, 1.82) is 0 Å². The summed E-state index contributed by atoms with van der Waals surface area (Å²) < 4.78 is 8.88. The van der Waals surface area contributed by atoms with Gasteiger partial charge in [0.2, 0.25) is 0 Å². The van der Waals surface area contributed by atoms with Crippen LogP contribution in [0.2, 0.25) is 0 Å². The van der Waals surface area contributed by atoms with Crippen molar-refractivity contribution >= 4 is 56.2 Å². The summed E-state index contributed by atoms with van der Waals surface area (Å²) in [5.41, 5.74) is 0. The summed E-state index contributed by atoms with van der Waals surface area (Å²) in [4.78, 5) is 21.6. The quantitative estimate of drug-likeness (QED) is 0.259. The molecule has 0 bridgehead atoms. The van der Waals surface area contributed by atoms with Crippen molar-refractivity contribution in [1.82, 2.24) is 0 Å². The molecule has 0 aromatic heterocycles. The van der Waals surface area contributed by atoms with E-state index in [0.29, 0.717) is 0 Å². The molecule has 0 heterocycles. The molecule has 0 saturated carbocycles. The van der Waals surface area contributed by atoms with Crippen molar-refractivity contribution in [2.75, 3.05) is 0 Å². The van der Waals surface area contributed by atoms with Gasteiger partial charge in [0.15, 0.2) is 0 Å². The molecule has 0 atom stereocenters. The molecule has 0 amide bonds. The Bertz CT molecular complexity index is 62.2. The molecular weight excluding hydrogens is 125 g/mol. The summed E-state index contributed by atoms with van der Waals surface area (Å²) in [6, 6.07) is 0.